The molecule has 0 saturated heterocycles. The van der Waals surface area contributed by atoms with E-state index in [4.69, 9.17) is 10.5 Å². The number of nitriles is 1. The molecule has 1 atom stereocenters. The maximum Gasteiger partial charge on any atom is 0.162 e. The van der Waals surface area contributed by atoms with Crippen LogP contribution >= 0.6 is 0 Å². The first-order valence-electron chi connectivity index (χ1n) is 10.8. The van der Waals surface area contributed by atoms with Gasteiger partial charge in [-0.25, -0.2) is 0 Å². The van der Waals surface area contributed by atoms with Crippen molar-refractivity contribution in [3.63, 3.8) is 0 Å². The largest absolute Gasteiger partial charge is 0.497 e. The topological polar surface area (TPSA) is 79.3 Å². The summed E-state index contributed by atoms with van der Waals surface area (Å²) in [6.07, 6.45) is 1.14. The van der Waals surface area contributed by atoms with E-state index in [0.717, 1.165) is 28.3 Å². The molecule has 2 aromatic carbocycles. The Morgan fingerprint density at radius 1 is 1.09 bits per heavy atom. The van der Waals surface area contributed by atoms with Crippen molar-refractivity contribution >= 4 is 11.5 Å². The Hall–Kier alpha value is -3.52. The summed E-state index contributed by atoms with van der Waals surface area (Å²) in [6.45, 7) is 8.33. The molecule has 0 radical (unpaired) electrons. The van der Waals surface area contributed by atoms with E-state index in [1.807, 2.05) is 35.2 Å². The van der Waals surface area contributed by atoms with Crippen LogP contribution in [0, 0.1) is 30.6 Å². The summed E-state index contributed by atoms with van der Waals surface area (Å²) in [4.78, 5) is 15.5. The summed E-state index contributed by atoms with van der Waals surface area (Å²) < 4.78 is 5.29. The molecule has 2 aliphatic rings. The maximum atomic E-state index is 13.5. The number of Topliss-reactive ketones (excluding diaryl/α,β-unsaturated/α-hetero) is 1. The Morgan fingerprint density at radius 2 is 1.78 bits per heavy atom. The van der Waals surface area contributed by atoms with Gasteiger partial charge >= 0.3 is 0 Å². The minimum Gasteiger partial charge on any atom is -0.497 e. The van der Waals surface area contributed by atoms with E-state index < -0.39 is 5.92 Å². The molecule has 1 aliphatic heterocycles. The Bertz CT molecular complexity index is 1200. The smallest absolute Gasteiger partial charge is 0.162 e. The molecule has 1 heterocycles. The van der Waals surface area contributed by atoms with Crippen molar-refractivity contribution in [2.24, 2.45) is 11.1 Å². The van der Waals surface area contributed by atoms with Crippen LogP contribution in [0.5, 0.6) is 5.75 Å². The number of allylic oxidation sites excluding steroid dienone is 3. The minimum absolute atomic E-state index is 0.0751. The number of carbonyl (C=O) groups excluding carboxylic acids is 1. The fourth-order valence-electron chi connectivity index (χ4n) is 4.80. The molecule has 1 aliphatic carbocycles. The van der Waals surface area contributed by atoms with Crippen LogP contribution < -0.4 is 15.4 Å². The number of ketones is 1. The number of nitrogens with zero attached hydrogens (tertiary/aromatic N) is 2. The Labute approximate surface area is 189 Å². The van der Waals surface area contributed by atoms with Gasteiger partial charge in [0.15, 0.2) is 5.78 Å². The molecule has 32 heavy (non-hydrogen) atoms. The van der Waals surface area contributed by atoms with Gasteiger partial charge in [-0.1, -0.05) is 32.0 Å². The normalized spacial score (nSPS) is 20.2. The second-order valence-electron chi connectivity index (χ2n) is 9.52. The molecule has 164 valence electrons. The third-order valence-corrected chi connectivity index (χ3v) is 6.58. The summed E-state index contributed by atoms with van der Waals surface area (Å²) in [7, 11) is 1.61. The molecule has 0 amide bonds. The lowest BCUT2D eigenvalue weighted by molar-refractivity contribution is -0.118. The molecule has 4 rings (SSSR count). The fraction of sp³-hybridized carbons (Fsp3) is 0.333. The molecule has 0 spiro atoms. The van der Waals surface area contributed by atoms with E-state index >= 15 is 0 Å². The van der Waals surface area contributed by atoms with Crippen LogP contribution in [0.15, 0.2) is 65.1 Å². The molecule has 0 saturated carbocycles. The number of nitrogens with two attached hydrogens (primary N) is 1. The van der Waals surface area contributed by atoms with E-state index in [0.29, 0.717) is 29.8 Å². The second-order valence-corrected chi connectivity index (χ2v) is 9.52. The number of aryl methyl sites for hydroxylation is 2. The highest BCUT2D eigenvalue weighted by Gasteiger charge is 2.44. The predicted octanol–water partition coefficient (Wildman–Crippen LogP) is 5.25. The quantitative estimate of drug-likeness (QED) is 0.723. The van der Waals surface area contributed by atoms with E-state index in [2.05, 4.69) is 45.9 Å². The van der Waals surface area contributed by atoms with Crippen LogP contribution in [0.3, 0.4) is 0 Å². The number of benzene rings is 2. The molecule has 0 aromatic heterocycles. The summed E-state index contributed by atoms with van der Waals surface area (Å²) in [6, 6.07) is 16.0. The molecule has 2 N–H and O–H groups in total. The van der Waals surface area contributed by atoms with E-state index in [1.54, 1.807) is 7.11 Å². The molecular formula is C27H29N3O2. The zero-order valence-electron chi connectivity index (χ0n) is 19.3. The lowest BCUT2D eigenvalue weighted by atomic mass is 9.68. The third-order valence-electron chi connectivity index (χ3n) is 6.58. The second kappa shape index (κ2) is 7.87. The molecule has 5 nitrogen and oxygen atoms in total. The van der Waals surface area contributed by atoms with Gasteiger partial charge in [-0.3, -0.25) is 9.69 Å². The Kier molecular flexibility index (Phi) is 5.34. The molecular weight excluding hydrogens is 398 g/mol. The zero-order valence-corrected chi connectivity index (χ0v) is 19.3. The Balaban J connectivity index is 1.98. The molecule has 2 aromatic rings. The summed E-state index contributed by atoms with van der Waals surface area (Å²) in [5.41, 5.74) is 12.5. The highest BCUT2D eigenvalue weighted by molar-refractivity contribution is 6.01. The van der Waals surface area contributed by atoms with E-state index in [1.165, 1.54) is 5.56 Å². The number of rotatable bonds is 3. The van der Waals surface area contributed by atoms with Gasteiger partial charge in [-0.05, 0) is 66.6 Å². The number of hydrogen-bond acceptors (Lipinski definition) is 5. The fourth-order valence-corrected chi connectivity index (χ4v) is 4.80. The lowest BCUT2D eigenvalue weighted by Gasteiger charge is -2.44. The lowest BCUT2D eigenvalue weighted by Crippen LogP contribution is -2.42. The molecule has 5 heteroatoms. The van der Waals surface area contributed by atoms with Crippen molar-refractivity contribution in [1.82, 2.24) is 0 Å². The maximum absolute atomic E-state index is 13.5. The monoisotopic (exact) mass is 427 g/mol. The van der Waals surface area contributed by atoms with Gasteiger partial charge in [-0.2, -0.15) is 5.26 Å². The number of carbonyl (C=O) groups is 1. The van der Waals surface area contributed by atoms with Crippen LogP contribution in [-0.4, -0.2) is 12.9 Å². The van der Waals surface area contributed by atoms with Crippen molar-refractivity contribution in [3.05, 3.63) is 81.8 Å². The van der Waals surface area contributed by atoms with Crippen molar-refractivity contribution in [2.45, 2.75) is 46.5 Å². The van der Waals surface area contributed by atoms with Gasteiger partial charge in [0.05, 0.1) is 24.7 Å². The molecule has 0 unspecified atom stereocenters. The number of hydrogen-bond donors (Lipinski definition) is 1. The average Bonchev–Trinajstić information content (AvgIpc) is 2.74. The van der Waals surface area contributed by atoms with Crippen LogP contribution in [0.4, 0.5) is 5.69 Å². The summed E-state index contributed by atoms with van der Waals surface area (Å²) in [5, 5.41) is 10.2. The predicted molar refractivity (Wildman–Crippen MR) is 126 cm³/mol. The van der Waals surface area contributed by atoms with Gasteiger partial charge < -0.3 is 10.5 Å². The summed E-state index contributed by atoms with van der Waals surface area (Å²) in [5.74, 6) is 0.710. The van der Waals surface area contributed by atoms with Gasteiger partial charge in [0.1, 0.15) is 11.6 Å². The molecule has 0 bridgehead atoms. The average molecular weight is 428 g/mol. The van der Waals surface area contributed by atoms with E-state index in [9.17, 15) is 10.1 Å². The Morgan fingerprint density at radius 3 is 2.38 bits per heavy atom. The van der Waals surface area contributed by atoms with Gasteiger partial charge in [-0.15, -0.1) is 0 Å². The first-order chi connectivity index (χ1) is 15.2. The van der Waals surface area contributed by atoms with E-state index in [-0.39, 0.29) is 11.2 Å². The van der Waals surface area contributed by atoms with Crippen LogP contribution in [0.1, 0.15) is 49.3 Å². The number of anilines is 1. The third kappa shape index (κ3) is 3.56. The van der Waals surface area contributed by atoms with Crippen molar-refractivity contribution < 1.29 is 9.53 Å². The van der Waals surface area contributed by atoms with Gasteiger partial charge in [0, 0.05) is 23.4 Å². The highest BCUT2D eigenvalue weighted by atomic mass is 16.5. The minimum atomic E-state index is -0.479. The number of methoxy groups -OCH3 is 1. The number of ether oxygens (including phenoxy) is 1. The zero-order chi connectivity index (χ0) is 23.2. The SMILES string of the molecule is COc1ccc([C@@H]2C(C#N)=C(N)N(c3ccc(C)c(C)c3)C3=C2C(=O)CC(C)(C)C3)cc1. The highest BCUT2D eigenvalue weighted by Crippen LogP contribution is 2.50. The first-order valence-corrected chi connectivity index (χ1v) is 10.8. The van der Waals surface area contributed by atoms with Crippen molar-refractivity contribution in [1.29, 1.82) is 5.26 Å². The van der Waals surface area contributed by atoms with Crippen LogP contribution in [0.25, 0.3) is 0 Å². The van der Waals surface area contributed by atoms with Crippen molar-refractivity contribution in [3.8, 4) is 11.8 Å². The summed E-state index contributed by atoms with van der Waals surface area (Å²) >= 11 is 0. The van der Waals surface area contributed by atoms with Crippen LogP contribution in [0.2, 0.25) is 0 Å². The standard InChI is InChI=1S/C27H29N3O2/c1-16-6-9-19(12-17(16)2)30-22-13-27(3,4)14-23(31)25(22)24(21(15-28)26(30)29)18-7-10-20(32-5)11-8-18/h6-12,24H,13-14,29H2,1-5H3/t24-/m1/s1. The van der Waals surface area contributed by atoms with Gasteiger partial charge in [0.25, 0.3) is 0 Å². The first kappa shape index (κ1) is 21.7. The van der Waals surface area contributed by atoms with Gasteiger partial charge in [0.2, 0.25) is 0 Å². The van der Waals surface area contributed by atoms with Crippen molar-refractivity contribution in [2.75, 3.05) is 12.0 Å². The van der Waals surface area contributed by atoms with Crippen LogP contribution in [-0.2, 0) is 4.79 Å². The molecule has 0 fully saturated rings.